The quantitative estimate of drug-likeness (QED) is 0.596. The van der Waals surface area contributed by atoms with Gasteiger partial charge in [0, 0.05) is 15.2 Å². The zero-order valence-electron chi connectivity index (χ0n) is 11.7. The predicted octanol–water partition coefficient (Wildman–Crippen LogP) is 4.10. The van der Waals surface area contributed by atoms with Gasteiger partial charge in [0.1, 0.15) is 0 Å². The van der Waals surface area contributed by atoms with Gasteiger partial charge in [-0.05, 0) is 66.3 Å². The van der Waals surface area contributed by atoms with Crippen molar-refractivity contribution in [3.05, 3.63) is 63.4 Å². The SMILES string of the molecule is Cc1ccc(S(=O)(=O)n2cc(C)c3c(I)cccc32)cc1. The molecule has 21 heavy (non-hydrogen) atoms. The van der Waals surface area contributed by atoms with Gasteiger partial charge in [0.15, 0.2) is 0 Å². The molecule has 5 heteroatoms. The van der Waals surface area contributed by atoms with E-state index in [1.807, 2.05) is 44.2 Å². The first-order valence-electron chi connectivity index (χ1n) is 6.49. The van der Waals surface area contributed by atoms with Gasteiger partial charge < -0.3 is 0 Å². The van der Waals surface area contributed by atoms with Crippen molar-refractivity contribution in [1.82, 2.24) is 3.97 Å². The lowest BCUT2D eigenvalue weighted by atomic mass is 10.2. The normalized spacial score (nSPS) is 12.0. The number of aryl methyl sites for hydroxylation is 2. The Balaban J connectivity index is 2.29. The molecule has 0 atom stereocenters. The van der Waals surface area contributed by atoms with Crippen molar-refractivity contribution in [2.45, 2.75) is 18.7 Å². The molecule has 0 N–H and O–H groups in total. The van der Waals surface area contributed by atoms with Crippen molar-refractivity contribution in [3.63, 3.8) is 0 Å². The van der Waals surface area contributed by atoms with E-state index in [0.29, 0.717) is 4.90 Å². The first-order chi connectivity index (χ1) is 9.91. The highest BCUT2D eigenvalue weighted by atomic mass is 127. The Labute approximate surface area is 137 Å². The molecule has 0 fully saturated rings. The summed E-state index contributed by atoms with van der Waals surface area (Å²) in [6.45, 7) is 3.87. The molecule has 0 saturated heterocycles. The van der Waals surface area contributed by atoms with Gasteiger partial charge in [-0.15, -0.1) is 0 Å². The molecule has 2 aromatic carbocycles. The standard InChI is InChI=1S/C16H14INO2S/c1-11-6-8-13(9-7-11)21(19,20)18-10-12(2)16-14(17)4-3-5-15(16)18/h3-10H,1-2H3. The molecule has 0 unspecified atom stereocenters. The molecule has 0 spiro atoms. The molecule has 1 aromatic heterocycles. The second-order valence-electron chi connectivity index (χ2n) is 5.06. The van der Waals surface area contributed by atoms with E-state index in [4.69, 9.17) is 0 Å². The van der Waals surface area contributed by atoms with E-state index < -0.39 is 10.0 Å². The number of fused-ring (bicyclic) bond motifs is 1. The average molecular weight is 411 g/mol. The second-order valence-corrected chi connectivity index (χ2v) is 8.04. The van der Waals surface area contributed by atoms with E-state index in [2.05, 4.69) is 22.6 Å². The van der Waals surface area contributed by atoms with Gasteiger partial charge in [0.2, 0.25) is 0 Å². The second kappa shape index (κ2) is 5.14. The van der Waals surface area contributed by atoms with Crippen LogP contribution in [-0.4, -0.2) is 12.4 Å². The van der Waals surface area contributed by atoms with Crippen LogP contribution in [0.4, 0.5) is 0 Å². The summed E-state index contributed by atoms with van der Waals surface area (Å²) < 4.78 is 28.1. The number of halogens is 1. The molecular weight excluding hydrogens is 397 g/mol. The van der Waals surface area contributed by atoms with Crippen LogP contribution >= 0.6 is 22.6 Å². The molecule has 3 aromatic rings. The van der Waals surface area contributed by atoms with E-state index in [9.17, 15) is 8.42 Å². The summed E-state index contributed by atoms with van der Waals surface area (Å²) in [4.78, 5) is 0.309. The summed E-state index contributed by atoms with van der Waals surface area (Å²) in [6.07, 6.45) is 1.70. The maximum Gasteiger partial charge on any atom is 0.268 e. The van der Waals surface area contributed by atoms with E-state index in [1.165, 1.54) is 3.97 Å². The third-order valence-corrected chi connectivity index (χ3v) is 6.10. The van der Waals surface area contributed by atoms with Crippen molar-refractivity contribution < 1.29 is 8.42 Å². The van der Waals surface area contributed by atoms with E-state index in [-0.39, 0.29) is 0 Å². The Kier molecular flexibility index (Phi) is 3.57. The number of nitrogens with zero attached hydrogens (tertiary/aromatic N) is 1. The number of hydrogen-bond donors (Lipinski definition) is 0. The van der Waals surface area contributed by atoms with Gasteiger partial charge in [0.25, 0.3) is 10.0 Å². The largest absolute Gasteiger partial charge is 0.268 e. The first kappa shape index (κ1) is 14.6. The zero-order valence-corrected chi connectivity index (χ0v) is 14.6. The molecule has 108 valence electrons. The molecule has 0 aliphatic carbocycles. The van der Waals surface area contributed by atoms with Crippen LogP contribution in [0, 0.1) is 17.4 Å². The molecule has 3 nitrogen and oxygen atoms in total. The number of aromatic nitrogens is 1. The van der Waals surface area contributed by atoms with Crippen LogP contribution in [0.3, 0.4) is 0 Å². The molecule has 0 saturated carbocycles. The van der Waals surface area contributed by atoms with Crippen LogP contribution in [0.1, 0.15) is 11.1 Å². The summed E-state index contributed by atoms with van der Waals surface area (Å²) in [5, 5.41) is 0.994. The van der Waals surface area contributed by atoms with Crippen molar-refractivity contribution in [2.24, 2.45) is 0 Å². The Morgan fingerprint density at radius 3 is 2.33 bits per heavy atom. The molecule has 0 bridgehead atoms. The van der Waals surface area contributed by atoms with Gasteiger partial charge in [0.05, 0.1) is 10.4 Å². The highest BCUT2D eigenvalue weighted by molar-refractivity contribution is 14.1. The fraction of sp³-hybridized carbons (Fsp3) is 0.125. The third kappa shape index (κ3) is 2.38. The van der Waals surface area contributed by atoms with Crippen LogP contribution in [0.5, 0.6) is 0 Å². The summed E-state index contributed by atoms with van der Waals surface area (Å²) in [6, 6.07) is 12.6. The highest BCUT2D eigenvalue weighted by Crippen LogP contribution is 2.29. The van der Waals surface area contributed by atoms with Crippen LogP contribution in [0.2, 0.25) is 0 Å². The van der Waals surface area contributed by atoms with E-state index in [0.717, 1.165) is 25.6 Å². The van der Waals surface area contributed by atoms with Gasteiger partial charge in [-0.25, -0.2) is 12.4 Å². The Morgan fingerprint density at radius 2 is 1.67 bits per heavy atom. The van der Waals surface area contributed by atoms with Crippen molar-refractivity contribution >= 4 is 43.5 Å². The maximum atomic E-state index is 12.8. The highest BCUT2D eigenvalue weighted by Gasteiger charge is 2.20. The lowest BCUT2D eigenvalue weighted by Crippen LogP contribution is -2.11. The van der Waals surface area contributed by atoms with Crippen LogP contribution in [-0.2, 0) is 10.0 Å². The number of benzene rings is 2. The van der Waals surface area contributed by atoms with Gasteiger partial charge >= 0.3 is 0 Å². The van der Waals surface area contributed by atoms with Gasteiger partial charge in [-0.3, -0.25) is 0 Å². The topological polar surface area (TPSA) is 39.1 Å². The minimum absolute atomic E-state index is 0.309. The fourth-order valence-corrected chi connectivity index (χ4v) is 4.74. The number of hydrogen-bond acceptors (Lipinski definition) is 2. The number of rotatable bonds is 2. The monoisotopic (exact) mass is 411 g/mol. The van der Waals surface area contributed by atoms with E-state index >= 15 is 0 Å². The predicted molar refractivity (Wildman–Crippen MR) is 93.2 cm³/mol. The van der Waals surface area contributed by atoms with Gasteiger partial charge in [-0.2, -0.15) is 0 Å². The first-order valence-corrected chi connectivity index (χ1v) is 9.01. The molecule has 3 rings (SSSR count). The fourth-order valence-electron chi connectivity index (χ4n) is 2.42. The summed E-state index contributed by atoms with van der Waals surface area (Å²) in [5.74, 6) is 0. The Morgan fingerprint density at radius 1 is 1.00 bits per heavy atom. The van der Waals surface area contributed by atoms with E-state index in [1.54, 1.807) is 18.3 Å². The van der Waals surface area contributed by atoms with Crippen LogP contribution in [0.25, 0.3) is 10.9 Å². The lowest BCUT2D eigenvalue weighted by molar-refractivity contribution is 0.589. The smallest absolute Gasteiger partial charge is 0.241 e. The minimum Gasteiger partial charge on any atom is -0.241 e. The molecule has 0 aliphatic rings. The average Bonchev–Trinajstić information content (AvgIpc) is 2.79. The molecular formula is C16H14INO2S. The Bertz CT molecular complexity index is 925. The van der Waals surface area contributed by atoms with Crippen LogP contribution in [0.15, 0.2) is 53.6 Å². The zero-order chi connectivity index (χ0) is 15.2. The third-order valence-electron chi connectivity index (χ3n) is 3.51. The Hall–Kier alpha value is -1.34. The van der Waals surface area contributed by atoms with Crippen molar-refractivity contribution in [3.8, 4) is 0 Å². The molecule has 0 amide bonds. The summed E-state index contributed by atoms with van der Waals surface area (Å²) in [5.41, 5.74) is 2.72. The van der Waals surface area contributed by atoms with Crippen LogP contribution < -0.4 is 0 Å². The lowest BCUT2D eigenvalue weighted by Gasteiger charge is -2.08. The summed E-state index contributed by atoms with van der Waals surface area (Å²) in [7, 11) is -3.56. The molecule has 0 radical (unpaired) electrons. The van der Waals surface area contributed by atoms with Crippen molar-refractivity contribution in [2.75, 3.05) is 0 Å². The molecule has 1 heterocycles. The maximum absolute atomic E-state index is 12.8. The van der Waals surface area contributed by atoms with Gasteiger partial charge in [-0.1, -0.05) is 23.8 Å². The van der Waals surface area contributed by atoms with Crippen molar-refractivity contribution in [1.29, 1.82) is 0 Å². The minimum atomic E-state index is -3.56. The molecule has 0 aliphatic heterocycles. The summed E-state index contributed by atoms with van der Waals surface area (Å²) >= 11 is 2.24.